The van der Waals surface area contributed by atoms with Crippen LogP contribution in [0, 0.1) is 6.92 Å². The normalized spacial score (nSPS) is 25.9. The average molecular weight is 221 g/mol. The lowest BCUT2D eigenvalue weighted by atomic mass is 10.1. The van der Waals surface area contributed by atoms with Gasteiger partial charge in [-0.15, -0.1) is 0 Å². The minimum absolute atomic E-state index is 0.375. The molecule has 0 radical (unpaired) electrons. The first kappa shape index (κ1) is 11.4. The van der Waals surface area contributed by atoms with Gasteiger partial charge in [-0.3, -0.25) is 0 Å². The SMILES string of the molecule is Cc1ccc(OCC2(O)CCN(C)C2)cc1. The van der Waals surface area contributed by atoms with Crippen molar-refractivity contribution in [1.29, 1.82) is 0 Å². The molecule has 1 fully saturated rings. The molecule has 0 aromatic heterocycles. The highest BCUT2D eigenvalue weighted by Gasteiger charge is 2.35. The largest absolute Gasteiger partial charge is 0.491 e. The summed E-state index contributed by atoms with van der Waals surface area (Å²) < 4.78 is 5.62. The Morgan fingerprint density at radius 1 is 1.38 bits per heavy atom. The first-order valence-electron chi connectivity index (χ1n) is 5.68. The van der Waals surface area contributed by atoms with E-state index in [1.165, 1.54) is 5.56 Å². The summed E-state index contributed by atoms with van der Waals surface area (Å²) in [6, 6.07) is 7.91. The Bertz CT molecular complexity index is 349. The van der Waals surface area contributed by atoms with Gasteiger partial charge in [-0.05, 0) is 32.5 Å². The summed E-state index contributed by atoms with van der Waals surface area (Å²) >= 11 is 0. The average Bonchev–Trinajstić information content (AvgIpc) is 2.59. The minimum atomic E-state index is -0.681. The van der Waals surface area contributed by atoms with Crippen LogP contribution in [0.5, 0.6) is 5.75 Å². The standard InChI is InChI=1S/C13H19NO2/c1-11-3-5-12(6-4-11)16-10-13(15)7-8-14(2)9-13/h3-6,15H,7-10H2,1-2H3. The van der Waals surface area contributed by atoms with Gasteiger partial charge >= 0.3 is 0 Å². The number of aliphatic hydroxyl groups is 1. The van der Waals surface area contributed by atoms with E-state index in [1.807, 2.05) is 38.2 Å². The maximum absolute atomic E-state index is 10.2. The van der Waals surface area contributed by atoms with Crippen LogP contribution in [-0.2, 0) is 0 Å². The molecule has 1 saturated heterocycles. The van der Waals surface area contributed by atoms with Gasteiger partial charge in [-0.1, -0.05) is 17.7 Å². The molecule has 2 rings (SSSR count). The summed E-state index contributed by atoms with van der Waals surface area (Å²) in [5.74, 6) is 0.827. The van der Waals surface area contributed by atoms with E-state index in [-0.39, 0.29) is 0 Å². The molecular formula is C13H19NO2. The highest BCUT2D eigenvalue weighted by molar-refractivity contribution is 5.26. The zero-order valence-corrected chi connectivity index (χ0v) is 9.94. The Morgan fingerprint density at radius 3 is 2.62 bits per heavy atom. The van der Waals surface area contributed by atoms with Crippen LogP contribution in [0.15, 0.2) is 24.3 Å². The third-order valence-corrected chi connectivity index (χ3v) is 3.05. The second-order valence-corrected chi connectivity index (χ2v) is 4.81. The summed E-state index contributed by atoms with van der Waals surface area (Å²) in [5, 5.41) is 10.2. The molecule has 1 atom stereocenters. The Kier molecular flexibility index (Phi) is 3.17. The second-order valence-electron chi connectivity index (χ2n) is 4.81. The van der Waals surface area contributed by atoms with E-state index in [0.717, 1.165) is 18.7 Å². The van der Waals surface area contributed by atoms with E-state index < -0.39 is 5.60 Å². The maximum Gasteiger partial charge on any atom is 0.119 e. The van der Waals surface area contributed by atoms with Crippen LogP contribution < -0.4 is 4.74 Å². The summed E-state index contributed by atoms with van der Waals surface area (Å²) in [7, 11) is 2.02. The van der Waals surface area contributed by atoms with E-state index in [4.69, 9.17) is 4.74 Å². The number of β-amino-alcohol motifs (C(OH)–C–C–N with tert-alkyl or cyclic N) is 1. The number of benzene rings is 1. The zero-order valence-electron chi connectivity index (χ0n) is 9.94. The van der Waals surface area contributed by atoms with Crippen molar-refractivity contribution in [3.05, 3.63) is 29.8 Å². The lowest BCUT2D eigenvalue weighted by Gasteiger charge is -2.22. The molecule has 1 aliphatic heterocycles. The van der Waals surface area contributed by atoms with Crippen molar-refractivity contribution in [3.63, 3.8) is 0 Å². The van der Waals surface area contributed by atoms with Crippen molar-refractivity contribution >= 4 is 0 Å². The predicted molar refractivity (Wildman–Crippen MR) is 63.7 cm³/mol. The van der Waals surface area contributed by atoms with Gasteiger partial charge in [0, 0.05) is 13.1 Å². The molecule has 0 amide bonds. The molecule has 1 aliphatic rings. The molecule has 0 saturated carbocycles. The maximum atomic E-state index is 10.2. The summed E-state index contributed by atoms with van der Waals surface area (Å²) in [6.07, 6.45) is 0.787. The van der Waals surface area contributed by atoms with Crippen molar-refractivity contribution in [2.24, 2.45) is 0 Å². The van der Waals surface area contributed by atoms with Gasteiger partial charge in [0.2, 0.25) is 0 Å². The lowest BCUT2D eigenvalue weighted by Crippen LogP contribution is -2.38. The Hall–Kier alpha value is -1.06. The molecule has 1 aromatic carbocycles. The van der Waals surface area contributed by atoms with Crippen molar-refractivity contribution in [2.75, 3.05) is 26.7 Å². The number of hydrogen-bond acceptors (Lipinski definition) is 3. The van der Waals surface area contributed by atoms with Crippen LogP contribution >= 0.6 is 0 Å². The van der Waals surface area contributed by atoms with Gasteiger partial charge < -0.3 is 14.7 Å². The van der Waals surface area contributed by atoms with Gasteiger partial charge in [0.25, 0.3) is 0 Å². The van der Waals surface area contributed by atoms with Crippen LogP contribution in [0.3, 0.4) is 0 Å². The third kappa shape index (κ3) is 2.74. The van der Waals surface area contributed by atoms with Gasteiger partial charge in [-0.2, -0.15) is 0 Å². The number of ether oxygens (including phenoxy) is 1. The number of likely N-dealkylation sites (tertiary alicyclic amines) is 1. The van der Waals surface area contributed by atoms with Gasteiger partial charge in [0.1, 0.15) is 18.0 Å². The Morgan fingerprint density at radius 2 is 2.06 bits per heavy atom. The minimum Gasteiger partial charge on any atom is -0.491 e. The molecule has 3 heteroatoms. The van der Waals surface area contributed by atoms with Crippen molar-refractivity contribution in [3.8, 4) is 5.75 Å². The van der Waals surface area contributed by atoms with E-state index in [2.05, 4.69) is 4.90 Å². The summed E-state index contributed by atoms with van der Waals surface area (Å²) in [5.41, 5.74) is 0.534. The first-order chi connectivity index (χ1) is 7.57. The molecule has 88 valence electrons. The zero-order chi connectivity index (χ0) is 11.6. The van der Waals surface area contributed by atoms with Crippen LogP contribution in [0.2, 0.25) is 0 Å². The van der Waals surface area contributed by atoms with Crippen LogP contribution in [0.1, 0.15) is 12.0 Å². The van der Waals surface area contributed by atoms with E-state index in [1.54, 1.807) is 0 Å². The fourth-order valence-electron chi connectivity index (χ4n) is 2.03. The molecule has 1 N–H and O–H groups in total. The monoisotopic (exact) mass is 221 g/mol. The number of rotatable bonds is 3. The van der Waals surface area contributed by atoms with Crippen molar-refractivity contribution in [2.45, 2.75) is 18.9 Å². The number of aryl methyl sites for hydroxylation is 1. The fraction of sp³-hybridized carbons (Fsp3) is 0.538. The third-order valence-electron chi connectivity index (χ3n) is 3.05. The molecule has 0 bridgehead atoms. The molecular weight excluding hydrogens is 202 g/mol. The van der Waals surface area contributed by atoms with Crippen molar-refractivity contribution < 1.29 is 9.84 Å². The van der Waals surface area contributed by atoms with Crippen molar-refractivity contribution in [1.82, 2.24) is 4.90 Å². The molecule has 1 unspecified atom stereocenters. The second kappa shape index (κ2) is 4.44. The van der Waals surface area contributed by atoms with Crippen LogP contribution in [0.25, 0.3) is 0 Å². The summed E-state index contributed by atoms with van der Waals surface area (Å²) in [4.78, 5) is 2.12. The number of nitrogens with zero attached hydrogens (tertiary/aromatic N) is 1. The van der Waals surface area contributed by atoms with E-state index >= 15 is 0 Å². The quantitative estimate of drug-likeness (QED) is 0.838. The Balaban J connectivity index is 1.90. The molecule has 1 heterocycles. The van der Waals surface area contributed by atoms with Gasteiger partial charge in [0.05, 0.1) is 0 Å². The fourth-order valence-corrected chi connectivity index (χ4v) is 2.03. The van der Waals surface area contributed by atoms with Crippen LogP contribution in [-0.4, -0.2) is 42.4 Å². The first-order valence-corrected chi connectivity index (χ1v) is 5.68. The Labute approximate surface area is 96.6 Å². The highest BCUT2D eigenvalue weighted by atomic mass is 16.5. The smallest absolute Gasteiger partial charge is 0.119 e. The van der Waals surface area contributed by atoms with Gasteiger partial charge in [0.15, 0.2) is 0 Å². The number of hydrogen-bond donors (Lipinski definition) is 1. The molecule has 3 nitrogen and oxygen atoms in total. The molecule has 1 aromatic rings. The predicted octanol–water partition coefficient (Wildman–Crippen LogP) is 1.44. The van der Waals surface area contributed by atoms with Gasteiger partial charge in [-0.25, -0.2) is 0 Å². The lowest BCUT2D eigenvalue weighted by molar-refractivity contribution is 0.00576. The molecule has 16 heavy (non-hydrogen) atoms. The van der Waals surface area contributed by atoms with E-state index in [9.17, 15) is 5.11 Å². The molecule has 0 aliphatic carbocycles. The van der Waals surface area contributed by atoms with E-state index in [0.29, 0.717) is 13.2 Å². The molecule has 0 spiro atoms. The summed E-state index contributed by atoms with van der Waals surface area (Å²) in [6.45, 7) is 4.05. The topological polar surface area (TPSA) is 32.7 Å². The van der Waals surface area contributed by atoms with Crippen LogP contribution in [0.4, 0.5) is 0 Å². The highest BCUT2D eigenvalue weighted by Crippen LogP contribution is 2.21. The number of likely N-dealkylation sites (N-methyl/N-ethyl adjacent to an activating group) is 1.